The van der Waals surface area contributed by atoms with Crippen molar-refractivity contribution in [2.24, 2.45) is 11.8 Å². The molecule has 0 saturated carbocycles. The van der Waals surface area contributed by atoms with Gasteiger partial charge in [0.15, 0.2) is 0 Å². The minimum Gasteiger partial charge on any atom is -0.407 e. The minimum atomic E-state index is -2.54. The lowest BCUT2D eigenvalue weighted by Crippen LogP contribution is -2.67. The Morgan fingerprint density at radius 1 is 0.935 bits per heavy atom. The quantitative estimate of drug-likeness (QED) is 0.251. The van der Waals surface area contributed by atoms with Crippen LogP contribution in [-0.2, 0) is 13.9 Å². The largest absolute Gasteiger partial charge is 0.407 e. The van der Waals surface area contributed by atoms with Gasteiger partial charge in [-0.2, -0.15) is 0 Å². The van der Waals surface area contributed by atoms with E-state index in [-0.39, 0.29) is 23.9 Å². The van der Waals surface area contributed by atoms with E-state index in [9.17, 15) is 0 Å². The van der Waals surface area contributed by atoms with Gasteiger partial charge in [-0.15, -0.1) is 6.58 Å². The van der Waals surface area contributed by atoms with Crippen LogP contribution < -0.4 is 10.4 Å². The van der Waals surface area contributed by atoms with Crippen molar-refractivity contribution in [1.29, 1.82) is 0 Å². The molecule has 4 heteroatoms. The van der Waals surface area contributed by atoms with Crippen molar-refractivity contribution in [1.82, 2.24) is 0 Å². The van der Waals surface area contributed by atoms with E-state index in [1.54, 1.807) is 7.11 Å². The highest BCUT2D eigenvalue weighted by atomic mass is 28.4. The molecule has 0 heterocycles. The van der Waals surface area contributed by atoms with Crippen LogP contribution in [0.5, 0.6) is 0 Å². The van der Waals surface area contributed by atoms with E-state index >= 15 is 0 Å². The Kier molecular flexibility index (Phi) is 9.70. The number of hydrogen-bond acceptors (Lipinski definition) is 3. The zero-order chi connectivity index (χ0) is 22.9. The third kappa shape index (κ3) is 6.39. The van der Waals surface area contributed by atoms with Gasteiger partial charge in [-0.1, -0.05) is 101 Å². The van der Waals surface area contributed by atoms with E-state index in [4.69, 9.17) is 13.9 Å². The van der Waals surface area contributed by atoms with Gasteiger partial charge in [0.2, 0.25) is 0 Å². The van der Waals surface area contributed by atoms with E-state index < -0.39 is 8.32 Å². The molecule has 170 valence electrons. The predicted molar refractivity (Wildman–Crippen MR) is 133 cm³/mol. The molecule has 0 aliphatic rings. The predicted octanol–water partition coefficient (Wildman–Crippen LogP) is 5.40. The number of allylic oxidation sites excluding steroid dienone is 1. The molecule has 0 saturated heterocycles. The third-order valence-electron chi connectivity index (χ3n) is 6.02. The van der Waals surface area contributed by atoms with Crippen LogP contribution in [0.4, 0.5) is 0 Å². The number of rotatable bonds is 12. The topological polar surface area (TPSA) is 27.7 Å². The van der Waals surface area contributed by atoms with Gasteiger partial charge in [0, 0.05) is 19.6 Å². The molecule has 31 heavy (non-hydrogen) atoms. The van der Waals surface area contributed by atoms with Crippen LogP contribution in [-0.4, -0.2) is 34.9 Å². The zero-order valence-electron chi connectivity index (χ0n) is 20.1. The maximum absolute atomic E-state index is 7.10. The highest BCUT2D eigenvalue weighted by Gasteiger charge is 2.50. The van der Waals surface area contributed by atoms with E-state index in [0.717, 1.165) is 6.42 Å². The second kappa shape index (κ2) is 11.8. The summed E-state index contributed by atoms with van der Waals surface area (Å²) in [5, 5.41) is 2.57. The maximum atomic E-state index is 7.10. The highest BCUT2D eigenvalue weighted by Crippen LogP contribution is 2.37. The Morgan fingerprint density at radius 2 is 1.45 bits per heavy atom. The standard InChI is InChI=1S/C27H40O3Si/c1-8-22(2)19-26(29-21-28-7)23(3)20-30-31(27(4,5)6,24-15-11-9-12-16-24)25-17-13-10-14-18-25/h8-18,22-23,26H,1,19-21H2,2-7H3/t22-,23-,26+/m0/s1. The molecule has 0 aromatic heterocycles. The van der Waals surface area contributed by atoms with E-state index in [2.05, 4.69) is 102 Å². The molecule has 0 N–H and O–H groups in total. The Labute approximate surface area is 190 Å². The first-order valence-corrected chi connectivity index (χ1v) is 13.1. The van der Waals surface area contributed by atoms with Crippen LogP contribution in [0.2, 0.25) is 5.04 Å². The Hall–Kier alpha value is -1.72. The monoisotopic (exact) mass is 440 g/mol. The first kappa shape index (κ1) is 25.5. The molecule has 2 rings (SSSR count). The van der Waals surface area contributed by atoms with Crippen molar-refractivity contribution in [3.63, 3.8) is 0 Å². The summed E-state index contributed by atoms with van der Waals surface area (Å²) in [4.78, 5) is 0. The molecule has 0 unspecified atom stereocenters. The zero-order valence-corrected chi connectivity index (χ0v) is 21.1. The normalized spacial score (nSPS) is 15.3. The lowest BCUT2D eigenvalue weighted by Gasteiger charge is -2.44. The van der Waals surface area contributed by atoms with Gasteiger partial charge >= 0.3 is 0 Å². The van der Waals surface area contributed by atoms with Crippen LogP contribution in [0.1, 0.15) is 41.0 Å². The molecule has 0 aliphatic carbocycles. The summed E-state index contributed by atoms with van der Waals surface area (Å²) in [5.41, 5.74) is 0. The first-order valence-electron chi connectivity index (χ1n) is 11.2. The summed E-state index contributed by atoms with van der Waals surface area (Å²) >= 11 is 0. The van der Waals surface area contributed by atoms with Gasteiger partial charge in [0.05, 0.1) is 6.10 Å². The fourth-order valence-corrected chi connectivity index (χ4v) is 8.88. The summed E-state index contributed by atoms with van der Waals surface area (Å²) in [7, 11) is -0.880. The number of hydrogen-bond donors (Lipinski definition) is 0. The molecular formula is C27H40O3Si. The van der Waals surface area contributed by atoms with Crippen molar-refractivity contribution in [3.8, 4) is 0 Å². The van der Waals surface area contributed by atoms with E-state index in [1.165, 1.54) is 10.4 Å². The van der Waals surface area contributed by atoms with Gasteiger partial charge < -0.3 is 13.9 Å². The third-order valence-corrected chi connectivity index (χ3v) is 11.0. The van der Waals surface area contributed by atoms with Gasteiger partial charge in [-0.05, 0) is 27.8 Å². The van der Waals surface area contributed by atoms with Crippen molar-refractivity contribution < 1.29 is 13.9 Å². The molecule has 3 nitrogen and oxygen atoms in total. The summed E-state index contributed by atoms with van der Waals surface area (Å²) in [6.07, 6.45) is 2.93. The second-order valence-corrected chi connectivity index (χ2v) is 13.8. The molecule has 0 aliphatic heterocycles. The number of methoxy groups -OCH3 is 1. The molecule has 2 aromatic rings. The molecule has 2 aromatic carbocycles. The van der Waals surface area contributed by atoms with Crippen LogP contribution in [0.3, 0.4) is 0 Å². The number of benzene rings is 2. The Balaban J connectivity index is 2.40. The number of ether oxygens (including phenoxy) is 2. The van der Waals surface area contributed by atoms with Crippen LogP contribution >= 0.6 is 0 Å². The molecule has 0 amide bonds. The van der Waals surface area contributed by atoms with E-state index in [1.807, 2.05) is 6.08 Å². The second-order valence-electron chi connectivity index (χ2n) is 9.51. The summed E-state index contributed by atoms with van der Waals surface area (Å²) in [6, 6.07) is 21.5. The summed E-state index contributed by atoms with van der Waals surface area (Å²) in [6.45, 7) is 16.2. The summed E-state index contributed by atoms with van der Waals surface area (Å²) < 4.78 is 18.3. The molecule has 0 bridgehead atoms. The molecule has 3 atom stereocenters. The van der Waals surface area contributed by atoms with Crippen LogP contribution in [0.15, 0.2) is 73.3 Å². The molecule has 0 spiro atoms. The average molecular weight is 441 g/mol. The van der Waals surface area contributed by atoms with Crippen LogP contribution in [0.25, 0.3) is 0 Å². The SMILES string of the molecule is C=C[C@H](C)C[C@@H](OCOC)[C@@H](C)CO[Si](c1ccccc1)(c1ccccc1)C(C)(C)C. The first-order chi connectivity index (χ1) is 14.8. The molecular weight excluding hydrogens is 400 g/mol. The van der Waals surface area contributed by atoms with E-state index in [0.29, 0.717) is 12.5 Å². The van der Waals surface area contributed by atoms with Crippen LogP contribution in [0, 0.1) is 11.8 Å². The van der Waals surface area contributed by atoms with Gasteiger partial charge in [0.1, 0.15) is 6.79 Å². The highest BCUT2D eigenvalue weighted by molar-refractivity contribution is 6.99. The van der Waals surface area contributed by atoms with Gasteiger partial charge in [-0.3, -0.25) is 0 Å². The van der Waals surface area contributed by atoms with Gasteiger partial charge in [-0.25, -0.2) is 0 Å². The molecule has 0 radical (unpaired) electrons. The van der Waals surface area contributed by atoms with Gasteiger partial charge in [0.25, 0.3) is 8.32 Å². The van der Waals surface area contributed by atoms with Crippen molar-refractivity contribution in [3.05, 3.63) is 73.3 Å². The van der Waals surface area contributed by atoms with Crippen molar-refractivity contribution >= 4 is 18.7 Å². The maximum Gasteiger partial charge on any atom is 0.261 e. The lowest BCUT2D eigenvalue weighted by atomic mass is 9.95. The minimum absolute atomic E-state index is 0.0350. The average Bonchev–Trinajstić information content (AvgIpc) is 2.77. The van der Waals surface area contributed by atoms with Crippen molar-refractivity contribution in [2.75, 3.05) is 20.5 Å². The smallest absolute Gasteiger partial charge is 0.261 e. The fraction of sp³-hybridized carbons (Fsp3) is 0.481. The fourth-order valence-electron chi connectivity index (χ4n) is 4.21. The summed E-state index contributed by atoms with van der Waals surface area (Å²) in [5.74, 6) is 0.594. The Bertz CT molecular complexity index is 731. The Morgan fingerprint density at radius 3 is 1.87 bits per heavy atom. The lowest BCUT2D eigenvalue weighted by molar-refractivity contribution is -0.0990. The molecule has 0 fully saturated rings. The van der Waals surface area contributed by atoms with Crippen molar-refractivity contribution in [2.45, 2.75) is 52.2 Å².